The maximum absolute atomic E-state index is 11.6. The standard InChI is InChI=1S/C35H35N3O6/c39-31-16-14-28(29-15-17-33(41)38-34(29)31)32(40)22-36-19-18-23-8-11-26(12-9-23)44-20-4-5-24-10-13-27(25-6-2-1-3-7-25)30(21-24)37-35(42)43/h1-3,6-17,21,32,36-37,39-40H,4-5,18-20,22H2,(H,38,41)(H,42,43)/t32-/m1/s1. The molecule has 0 aliphatic rings. The number of benzene rings is 4. The van der Waals surface area contributed by atoms with Gasteiger partial charge in [-0.05, 0) is 78.4 Å². The fourth-order valence-electron chi connectivity index (χ4n) is 5.18. The first-order valence-corrected chi connectivity index (χ1v) is 14.5. The summed E-state index contributed by atoms with van der Waals surface area (Å²) in [6, 6.07) is 29.6. The first kappa shape index (κ1) is 30.3. The molecule has 0 saturated heterocycles. The molecule has 1 aromatic heterocycles. The van der Waals surface area contributed by atoms with Crippen LogP contribution < -0.4 is 20.9 Å². The van der Waals surface area contributed by atoms with E-state index in [9.17, 15) is 24.9 Å². The topological polar surface area (TPSA) is 144 Å². The molecule has 9 nitrogen and oxygen atoms in total. The zero-order chi connectivity index (χ0) is 30.9. The van der Waals surface area contributed by atoms with Crippen LogP contribution >= 0.6 is 0 Å². The van der Waals surface area contributed by atoms with Crippen molar-refractivity contribution in [1.29, 1.82) is 0 Å². The van der Waals surface area contributed by atoms with Crippen molar-refractivity contribution in [2.75, 3.05) is 25.0 Å². The molecule has 6 N–H and O–H groups in total. The number of H-pyrrole nitrogens is 1. The minimum atomic E-state index is -1.10. The third kappa shape index (κ3) is 7.83. The van der Waals surface area contributed by atoms with Crippen LogP contribution in [0.25, 0.3) is 22.0 Å². The van der Waals surface area contributed by atoms with Gasteiger partial charge in [0.05, 0.1) is 23.9 Å². The maximum Gasteiger partial charge on any atom is 0.409 e. The minimum Gasteiger partial charge on any atom is -0.506 e. The van der Waals surface area contributed by atoms with Crippen LogP contribution in [0.2, 0.25) is 0 Å². The number of aromatic hydroxyl groups is 1. The number of hydrogen-bond donors (Lipinski definition) is 6. The van der Waals surface area contributed by atoms with Gasteiger partial charge in [0.1, 0.15) is 11.5 Å². The summed E-state index contributed by atoms with van der Waals surface area (Å²) in [4.78, 5) is 25.6. The molecule has 0 aliphatic heterocycles. The van der Waals surface area contributed by atoms with E-state index in [2.05, 4.69) is 15.6 Å². The highest BCUT2D eigenvalue weighted by atomic mass is 16.5. The van der Waals surface area contributed by atoms with Gasteiger partial charge in [-0.1, -0.05) is 60.7 Å². The van der Waals surface area contributed by atoms with E-state index < -0.39 is 12.2 Å². The van der Waals surface area contributed by atoms with E-state index in [0.717, 1.165) is 47.3 Å². The number of aromatic amines is 1. The Hall–Kier alpha value is -5.12. The van der Waals surface area contributed by atoms with Gasteiger partial charge in [-0.3, -0.25) is 10.1 Å². The van der Waals surface area contributed by atoms with Gasteiger partial charge >= 0.3 is 6.09 Å². The molecule has 4 aromatic carbocycles. The Labute approximate surface area is 254 Å². The fraction of sp³-hybridized carbons (Fsp3) is 0.200. The van der Waals surface area contributed by atoms with Crippen molar-refractivity contribution in [3.8, 4) is 22.6 Å². The van der Waals surface area contributed by atoms with Gasteiger partial charge < -0.3 is 30.4 Å². The smallest absolute Gasteiger partial charge is 0.409 e. The van der Waals surface area contributed by atoms with Crippen LogP contribution in [-0.4, -0.2) is 46.1 Å². The molecule has 1 amide bonds. The quantitative estimate of drug-likeness (QED) is 0.0938. The third-order valence-corrected chi connectivity index (χ3v) is 7.41. The van der Waals surface area contributed by atoms with Crippen LogP contribution in [0.5, 0.6) is 11.5 Å². The highest BCUT2D eigenvalue weighted by molar-refractivity contribution is 5.91. The van der Waals surface area contributed by atoms with Gasteiger partial charge in [-0.25, -0.2) is 4.79 Å². The summed E-state index contributed by atoms with van der Waals surface area (Å²) in [5, 5.41) is 36.5. The van der Waals surface area contributed by atoms with Crippen LogP contribution in [0.4, 0.5) is 10.5 Å². The summed E-state index contributed by atoms with van der Waals surface area (Å²) in [6.45, 7) is 1.51. The molecule has 0 radical (unpaired) electrons. The molecule has 226 valence electrons. The van der Waals surface area contributed by atoms with Gasteiger partial charge in [0.15, 0.2) is 0 Å². The number of pyridine rings is 1. The number of anilines is 1. The molecule has 1 atom stereocenters. The Bertz CT molecular complexity index is 1770. The van der Waals surface area contributed by atoms with E-state index in [-0.39, 0.29) is 11.3 Å². The van der Waals surface area contributed by atoms with E-state index in [4.69, 9.17) is 4.74 Å². The molecule has 5 rings (SSSR count). The predicted molar refractivity (Wildman–Crippen MR) is 172 cm³/mol. The average Bonchev–Trinajstić information content (AvgIpc) is 3.02. The molecule has 5 aromatic rings. The number of carboxylic acid groups (broad SMARTS) is 1. The van der Waals surface area contributed by atoms with E-state index in [0.29, 0.717) is 41.9 Å². The molecular weight excluding hydrogens is 558 g/mol. The number of aromatic nitrogens is 1. The third-order valence-electron chi connectivity index (χ3n) is 7.41. The fourth-order valence-corrected chi connectivity index (χ4v) is 5.18. The number of aliphatic hydroxyl groups excluding tert-OH is 1. The lowest BCUT2D eigenvalue weighted by Gasteiger charge is -2.15. The van der Waals surface area contributed by atoms with Gasteiger partial charge in [0, 0.05) is 23.6 Å². The van der Waals surface area contributed by atoms with Crippen molar-refractivity contribution < 1.29 is 24.9 Å². The summed E-state index contributed by atoms with van der Waals surface area (Å²) in [7, 11) is 0. The molecular formula is C35H35N3O6. The molecule has 9 heteroatoms. The summed E-state index contributed by atoms with van der Waals surface area (Å²) >= 11 is 0. The van der Waals surface area contributed by atoms with Gasteiger partial charge in [0.2, 0.25) is 5.56 Å². The maximum atomic E-state index is 11.6. The first-order valence-electron chi connectivity index (χ1n) is 14.5. The van der Waals surface area contributed by atoms with Gasteiger partial charge in [0.25, 0.3) is 0 Å². The largest absolute Gasteiger partial charge is 0.506 e. The molecule has 0 saturated carbocycles. The Balaban J connectivity index is 1.06. The van der Waals surface area contributed by atoms with E-state index in [1.165, 1.54) is 12.1 Å². The second-order valence-corrected chi connectivity index (χ2v) is 10.5. The van der Waals surface area contributed by atoms with Crippen molar-refractivity contribution in [3.63, 3.8) is 0 Å². The summed E-state index contributed by atoms with van der Waals surface area (Å²) in [5.41, 5.74) is 5.13. The Kier molecular flexibility index (Phi) is 9.91. The van der Waals surface area contributed by atoms with Crippen molar-refractivity contribution in [3.05, 3.63) is 124 Å². The number of phenolic OH excluding ortho intramolecular Hbond substituents is 1. The highest BCUT2D eigenvalue weighted by Crippen LogP contribution is 2.30. The number of ether oxygens (including phenoxy) is 1. The van der Waals surface area contributed by atoms with Crippen molar-refractivity contribution in [1.82, 2.24) is 10.3 Å². The monoisotopic (exact) mass is 593 g/mol. The molecule has 0 unspecified atom stereocenters. The zero-order valence-electron chi connectivity index (χ0n) is 24.1. The highest BCUT2D eigenvalue weighted by Gasteiger charge is 2.14. The Morgan fingerprint density at radius 1 is 0.886 bits per heavy atom. The lowest BCUT2D eigenvalue weighted by atomic mass is 10.00. The number of aliphatic hydroxyl groups is 1. The number of hydrogen-bond acceptors (Lipinski definition) is 6. The molecule has 1 heterocycles. The number of carbonyl (C=O) groups is 1. The first-order chi connectivity index (χ1) is 21.4. The molecule has 0 aliphatic carbocycles. The molecule has 0 fully saturated rings. The van der Waals surface area contributed by atoms with Crippen LogP contribution in [0, 0.1) is 0 Å². The number of aryl methyl sites for hydroxylation is 1. The van der Waals surface area contributed by atoms with Crippen molar-refractivity contribution in [2.45, 2.75) is 25.4 Å². The number of rotatable bonds is 13. The second kappa shape index (κ2) is 14.4. The number of amides is 1. The lowest BCUT2D eigenvalue weighted by molar-refractivity contribution is 0.176. The lowest BCUT2D eigenvalue weighted by Crippen LogP contribution is -2.24. The Morgan fingerprint density at radius 2 is 1.66 bits per heavy atom. The van der Waals surface area contributed by atoms with Crippen LogP contribution in [0.1, 0.15) is 29.2 Å². The van der Waals surface area contributed by atoms with Crippen LogP contribution in [0.3, 0.4) is 0 Å². The zero-order valence-corrected chi connectivity index (χ0v) is 24.1. The molecule has 0 spiro atoms. The van der Waals surface area contributed by atoms with E-state index in [1.807, 2.05) is 72.8 Å². The van der Waals surface area contributed by atoms with E-state index >= 15 is 0 Å². The number of nitrogens with one attached hydrogen (secondary N) is 3. The number of fused-ring (bicyclic) bond motifs is 1. The summed E-state index contributed by atoms with van der Waals surface area (Å²) < 4.78 is 5.93. The minimum absolute atomic E-state index is 0.0352. The van der Waals surface area contributed by atoms with E-state index in [1.54, 1.807) is 12.1 Å². The van der Waals surface area contributed by atoms with Crippen LogP contribution in [0.15, 0.2) is 102 Å². The van der Waals surface area contributed by atoms with Crippen molar-refractivity contribution >= 4 is 22.7 Å². The summed E-state index contributed by atoms with van der Waals surface area (Å²) in [5.74, 6) is 0.744. The molecule has 0 bridgehead atoms. The van der Waals surface area contributed by atoms with Gasteiger partial charge in [-0.15, -0.1) is 0 Å². The number of phenols is 1. The van der Waals surface area contributed by atoms with Gasteiger partial charge in [-0.2, -0.15) is 0 Å². The second-order valence-electron chi connectivity index (χ2n) is 10.5. The Morgan fingerprint density at radius 3 is 2.43 bits per heavy atom. The summed E-state index contributed by atoms with van der Waals surface area (Å²) in [6.07, 6.45) is 0.389. The SMILES string of the molecule is O=C(O)Nc1cc(CCCOc2ccc(CCNC[C@@H](O)c3ccc(O)c4[nH]c(=O)ccc34)cc2)ccc1-c1ccccc1. The molecule has 44 heavy (non-hydrogen) atoms. The normalized spacial score (nSPS) is 11.8. The van der Waals surface area contributed by atoms with Crippen LogP contribution in [-0.2, 0) is 12.8 Å². The average molecular weight is 594 g/mol. The van der Waals surface area contributed by atoms with Crippen molar-refractivity contribution in [2.24, 2.45) is 0 Å². The predicted octanol–water partition coefficient (Wildman–Crippen LogP) is 5.87.